The second kappa shape index (κ2) is 8.71. The molecule has 3 rings (SSSR count). The van der Waals surface area contributed by atoms with Crippen LogP contribution in [0.4, 0.5) is 5.69 Å². The fourth-order valence-corrected chi connectivity index (χ4v) is 3.01. The van der Waals surface area contributed by atoms with Gasteiger partial charge in [-0.3, -0.25) is 4.90 Å². The topological polar surface area (TPSA) is 33.7 Å². The maximum Gasteiger partial charge on any atom is 0.142 e. The Hall–Kier alpha value is -2.04. The number of nitrogens with one attached hydrogen (secondary N) is 1. The van der Waals surface area contributed by atoms with E-state index >= 15 is 0 Å². The standard InChI is InChI=1S/C20H26N2O2/c1-2-23-20-11-7-6-10-19(20)21-14-18-16-22(12-13-24-18)15-17-8-4-3-5-9-17/h3-11,18,21H,2,12-16H2,1H3. The average molecular weight is 326 g/mol. The number of rotatable bonds is 7. The van der Waals surface area contributed by atoms with E-state index in [1.165, 1.54) is 5.56 Å². The molecule has 0 amide bonds. The van der Waals surface area contributed by atoms with Gasteiger partial charge in [-0.05, 0) is 24.6 Å². The summed E-state index contributed by atoms with van der Waals surface area (Å²) >= 11 is 0. The molecule has 1 fully saturated rings. The maximum atomic E-state index is 5.92. The van der Waals surface area contributed by atoms with Gasteiger partial charge in [0.15, 0.2) is 0 Å². The lowest BCUT2D eigenvalue weighted by molar-refractivity contribution is -0.0240. The molecule has 1 atom stereocenters. The van der Waals surface area contributed by atoms with Gasteiger partial charge in [-0.1, -0.05) is 42.5 Å². The van der Waals surface area contributed by atoms with E-state index in [-0.39, 0.29) is 6.10 Å². The first-order chi connectivity index (χ1) is 11.8. The second-order valence-corrected chi connectivity index (χ2v) is 6.02. The van der Waals surface area contributed by atoms with E-state index in [0.717, 1.165) is 44.2 Å². The van der Waals surface area contributed by atoms with Gasteiger partial charge in [-0.2, -0.15) is 0 Å². The highest BCUT2D eigenvalue weighted by atomic mass is 16.5. The summed E-state index contributed by atoms with van der Waals surface area (Å²) in [6.07, 6.45) is 0.192. The van der Waals surface area contributed by atoms with Gasteiger partial charge in [0.25, 0.3) is 0 Å². The first-order valence-corrected chi connectivity index (χ1v) is 8.68. The van der Waals surface area contributed by atoms with Crippen LogP contribution in [0, 0.1) is 0 Å². The third kappa shape index (κ3) is 4.73. The van der Waals surface area contributed by atoms with Crippen molar-refractivity contribution < 1.29 is 9.47 Å². The third-order valence-electron chi connectivity index (χ3n) is 4.18. The highest BCUT2D eigenvalue weighted by Gasteiger charge is 2.20. The average Bonchev–Trinajstić information content (AvgIpc) is 2.62. The number of hydrogen-bond donors (Lipinski definition) is 1. The van der Waals surface area contributed by atoms with Crippen LogP contribution in [-0.4, -0.2) is 43.9 Å². The van der Waals surface area contributed by atoms with Crippen LogP contribution in [0.3, 0.4) is 0 Å². The van der Waals surface area contributed by atoms with Crippen molar-refractivity contribution in [2.24, 2.45) is 0 Å². The molecule has 1 unspecified atom stereocenters. The summed E-state index contributed by atoms with van der Waals surface area (Å²) in [7, 11) is 0. The molecule has 1 aliphatic heterocycles. The molecule has 2 aromatic carbocycles. The van der Waals surface area contributed by atoms with Crippen molar-refractivity contribution in [1.82, 2.24) is 4.90 Å². The van der Waals surface area contributed by atoms with Crippen molar-refractivity contribution in [3.63, 3.8) is 0 Å². The Labute approximate surface area is 144 Å². The number of hydrogen-bond acceptors (Lipinski definition) is 4. The monoisotopic (exact) mass is 326 g/mol. The van der Waals surface area contributed by atoms with Gasteiger partial charge >= 0.3 is 0 Å². The number of morpholine rings is 1. The Morgan fingerprint density at radius 2 is 1.92 bits per heavy atom. The number of nitrogens with zero attached hydrogens (tertiary/aromatic N) is 1. The fourth-order valence-electron chi connectivity index (χ4n) is 3.01. The molecule has 2 aromatic rings. The second-order valence-electron chi connectivity index (χ2n) is 6.02. The number of ether oxygens (including phenoxy) is 2. The zero-order valence-corrected chi connectivity index (χ0v) is 14.3. The van der Waals surface area contributed by atoms with Crippen LogP contribution in [0.15, 0.2) is 54.6 Å². The molecule has 24 heavy (non-hydrogen) atoms. The molecule has 4 nitrogen and oxygen atoms in total. The summed E-state index contributed by atoms with van der Waals surface area (Å²) in [5.41, 5.74) is 2.39. The fraction of sp³-hybridized carbons (Fsp3) is 0.400. The molecule has 0 aliphatic carbocycles. The van der Waals surface area contributed by atoms with Gasteiger partial charge in [0.05, 0.1) is 25.0 Å². The van der Waals surface area contributed by atoms with E-state index < -0.39 is 0 Å². The largest absolute Gasteiger partial charge is 0.492 e. The molecule has 1 saturated heterocycles. The first kappa shape index (κ1) is 16.8. The minimum Gasteiger partial charge on any atom is -0.492 e. The molecule has 1 aliphatic rings. The smallest absolute Gasteiger partial charge is 0.142 e. The minimum atomic E-state index is 0.192. The Balaban J connectivity index is 1.52. The Morgan fingerprint density at radius 3 is 2.75 bits per heavy atom. The summed E-state index contributed by atoms with van der Waals surface area (Å²) in [6.45, 7) is 7.16. The van der Waals surface area contributed by atoms with Gasteiger partial charge in [0, 0.05) is 26.2 Å². The van der Waals surface area contributed by atoms with E-state index in [2.05, 4.69) is 46.6 Å². The highest BCUT2D eigenvalue weighted by Crippen LogP contribution is 2.24. The van der Waals surface area contributed by atoms with E-state index in [1.54, 1.807) is 0 Å². The molecule has 128 valence electrons. The Bertz CT molecular complexity index is 618. The molecule has 0 aromatic heterocycles. The van der Waals surface area contributed by atoms with Gasteiger partial charge in [0.2, 0.25) is 0 Å². The minimum absolute atomic E-state index is 0.192. The zero-order chi connectivity index (χ0) is 16.6. The third-order valence-corrected chi connectivity index (χ3v) is 4.18. The molecule has 0 radical (unpaired) electrons. The van der Waals surface area contributed by atoms with E-state index in [1.807, 2.05) is 25.1 Å². The van der Waals surface area contributed by atoms with E-state index in [9.17, 15) is 0 Å². The number of benzene rings is 2. The molecule has 4 heteroatoms. The summed E-state index contributed by atoms with van der Waals surface area (Å²) in [6, 6.07) is 18.7. The van der Waals surface area contributed by atoms with Crippen LogP contribution in [0.25, 0.3) is 0 Å². The summed E-state index contributed by atoms with van der Waals surface area (Å²) < 4.78 is 11.6. The predicted octanol–water partition coefficient (Wildman–Crippen LogP) is 3.40. The van der Waals surface area contributed by atoms with Crippen molar-refractivity contribution in [3.8, 4) is 5.75 Å². The molecule has 0 spiro atoms. The van der Waals surface area contributed by atoms with Crippen LogP contribution in [0.5, 0.6) is 5.75 Å². The Kier molecular flexibility index (Phi) is 6.10. The quantitative estimate of drug-likeness (QED) is 0.845. The van der Waals surface area contributed by atoms with Gasteiger partial charge in [-0.25, -0.2) is 0 Å². The summed E-state index contributed by atoms with van der Waals surface area (Å²) in [4.78, 5) is 2.46. The lowest BCUT2D eigenvalue weighted by atomic mass is 10.2. The van der Waals surface area contributed by atoms with Gasteiger partial charge in [0.1, 0.15) is 5.75 Å². The van der Waals surface area contributed by atoms with Crippen molar-refractivity contribution in [2.75, 3.05) is 38.2 Å². The molecule has 0 saturated carbocycles. The SMILES string of the molecule is CCOc1ccccc1NCC1CN(Cc2ccccc2)CCO1. The lowest BCUT2D eigenvalue weighted by Crippen LogP contribution is -2.44. The first-order valence-electron chi connectivity index (χ1n) is 8.68. The lowest BCUT2D eigenvalue weighted by Gasteiger charge is -2.33. The summed E-state index contributed by atoms with van der Waals surface area (Å²) in [5.74, 6) is 0.900. The predicted molar refractivity (Wildman–Crippen MR) is 97.6 cm³/mol. The Morgan fingerprint density at radius 1 is 1.12 bits per heavy atom. The number of anilines is 1. The van der Waals surface area contributed by atoms with Crippen LogP contribution in [0.1, 0.15) is 12.5 Å². The highest BCUT2D eigenvalue weighted by molar-refractivity contribution is 5.56. The maximum absolute atomic E-state index is 5.92. The van der Waals surface area contributed by atoms with Crippen LogP contribution < -0.4 is 10.1 Å². The molecule has 1 heterocycles. The van der Waals surface area contributed by atoms with E-state index in [4.69, 9.17) is 9.47 Å². The van der Waals surface area contributed by atoms with Crippen LogP contribution >= 0.6 is 0 Å². The van der Waals surface area contributed by atoms with Crippen molar-refractivity contribution in [3.05, 3.63) is 60.2 Å². The van der Waals surface area contributed by atoms with Crippen LogP contribution in [-0.2, 0) is 11.3 Å². The number of para-hydroxylation sites is 2. The molecule has 1 N–H and O–H groups in total. The van der Waals surface area contributed by atoms with Gasteiger partial charge < -0.3 is 14.8 Å². The van der Waals surface area contributed by atoms with Crippen molar-refractivity contribution in [2.45, 2.75) is 19.6 Å². The van der Waals surface area contributed by atoms with Crippen molar-refractivity contribution >= 4 is 5.69 Å². The summed E-state index contributed by atoms with van der Waals surface area (Å²) in [5, 5.41) is 3.48. The molecule has 0 bridgehead atoms. The molecular weight excluding hydrogens is 300 g/mol. The normalized spacial score (nSPS) is 18.3. The van der Waals surface area contributed by atoms with E-state index in [0.29, 0.717) is 6.61 Å². The zero-order valence-electron chi connectivity index (χ0n) is 14.3. The van der Waals surface area contributed by atoms with Gasteiger partial charge in [-0.15, -0.1) is 0 Å². The van der Waals surface area contributed by atoms with Crippen LogP contribution in [0.2, 0.25) is 0 Å². The van der Waals surface area contributed by atoms with Crippen molar-refractivity contribution in [1.29, 1.82) is 0 Å². The molecular formula is C20H26N2O2.